The zero-order valence-electron chi connectivity index (χ0n) is 16.4. The number of carbonyl (C=O) groups excluding carboxylic acids is 2. The number of esters is 2. The second kappa shape index (κ2) is 11.4. The van der Waals surface area contributed by atoms with Crippen molar-refractivity contribution < 1.29 is 33.6 Å². The van der Waals surface area contributed by atoms with Crippen molar-refractivity contribution in [1.82, 2.24) is 0 Å². The van der Waals surface area contributed by atoms with Crippen LogP contribution in [0.5, 0.6) is 0 Å². The Morgan fingerprint density at radius 1 is 1.04 bits per heavy atom. The lowest BCUT2D eigenvalue weighted by Gasteiger charge is -2.34. The van der Waals surface area contributed by atoms with Gasteiger partial charge in [-0.05, 0) is 40.5 Å². The first-order chi connectivity index (χ1) is 11.6. The van der Waals surface area contributed by atoms with Crippen molar-refractivity contribution in [3.05, 3.63) is 0 Å². The smallest absolute Gasteiger partial charge is 0.312 e. The van der Waals surface area contributed by atoms with E-state index in [4.69, 9.17) is 24.1 Å². The van der Waals surface area contributed by atoms with Gasteiger partial charge in [0.15, 0.2) is 0 Å². The Labute approximate surface area is 151 Å². The van der Waals surface area contributed by atoms with Gasteiger partial charge in [0.25, 0.3) is 0 Å². The van der Waals surface area contributed by atoms with Crippen molar-refractivity contribution in [2.24, 2.45) is 10.8 Å². The van der Waals surface area contributed by atoms with Gasteiger partial charge in [-0.3, -0.25) is 9.59 Å². The van der Waals surface area contributed by atoms with Gasteiger partial charge in [-0.1, -0.05) is 6.92 Å². The summed E-state index contributed by atoms with van der Waals surface area (Å²) in [6.07, 6.45) is 0.232. The molecular formula is C18H34O7. The van der Waals surface area contributed by atoms with Crippen molar-refractivity contribution in [3.63, 3.8) is 0 Å². The van der Waals surface area contributed by atoms with Crippen LogP contribution in [0.25, 0.3) is 0 Å². The second-order valence-corrected chi connectivity index (χ2v) is 7.11. The van der Waals surface area contributed by atoms with Gasteiger partial charge in [-0.2, -0.15) is 0 Å². The van der Waals surface area contributed by atoms with Crippen LogP contribution in [0.3, 0.4) is 0 Å². The lowest BCUT2D eigenvalue weighted by atomic mass is 9.72. The van der Waals surface area contributed by atoms with Crippen molar-refractivity contribution in [1.29, 1.82) is 0 Å². The van der Waals surface area contributed by atoms with Crippen LogP contribution in [-0.2, 0) is 28.5 Å². The molecule has 0 bridgehead atoms. The van der Waals surface area contributed by atoms with Crippen LogP contribution in [0.1, 0.15) is 47.5 Å². The van der Waals surface area contributed by atoms with Crippen LogP contribution in [0.2, 0.25) is 0 Å². The molecule has 0 aliphatic carbocycles. The fourth-order valence-electron chi connectivity index (χ4n) is 2.38. The largest absolute Gasteiger partial charge is 0.463 e. The second-order valence-electron chi connectivity index (χ2n) is 7.11. The molecule has 0 saturated heterocycles. The van der Waals surface area contributed by atoms with Crippen LogP contribution in [0, 0.1) is 10.8 Å². The number of hydrogen-bond acceptors (Lipinski definition) is 7. The van der Waals surface area contributed by atoms with Gasteiger partial charge in [0.05, 0.1) is 37.3 Å². The van der Waals surface area contributed by atoms with Gasteiger partial charge in [-0.15, -0.1) is 0 Å². The third kappa shape index (κ3) is 8.65. The molecule has 0 aromatic heterocycles. The number of aliphatic hydroxyl groups is 1. The van der Waals surface area contributed by atoms with Crippen LogP contribution >= 0.6 is 0 Å². The zero-order valence-corrected chi connectivity index (χ0v) is 16.4. The summed E-state index contributed by atoms with van der Waals surface area (Å²) >= 11 is 0. The average Bonchev–Trinajstić information content (AvgIpc) is 2.56. The third-order valence-corrected chi connectivity index (χ3v) is 4.12. The minimum atomic E-state index is -0.848. The summed E-state index contributed by atoms with van der Waals surface area (Å²) in [6, 6.07) is 0. The Morgan fingerprint density at radius 3 is 2.16 bits per heavy atom. The summed E-state index contributed by atoms with van der Waals surface area (Å²) in [7, 11) is 1.59. The maximum Gasteiger partial charge on any atom is 0.312 e. The molecule has 0 radical (unpaired) electrons. The Morgan fingerprint density at radius 2 is 1.64 bits per heavy atom. The molecule has 2 atom stereocenters. The quantitative estimate of drug-likeness (QED) is 0.395. The first kappa shape index (κ1) is 23.8. The molecule has 25 heavy (non-hydrogen) atoms. The molecule has 0 aliphatic rings. The Balaban J connectivity index is 4.61. The topological polar surface area (TPSA) is 91.3 Å². The zero-order chi connectivity index (χ0) is 19.5. The molecule has 0 fully saturated rings. The standard InChI is InChI=1S/C18H34O7/c1-7-18(5,16(21)25-14(2)12-19)13-17(3,4)15(20)24-11-10-23-9-8-22-6/h14,19H,7-13H2,1-6H3. The van der Waals surface area contributed by atoms with Gasteiger partial charge >= 0.3 is 11.9 Å². The molecule has 0 heterocycles. The summed E-state index contributed by atoms with van der Waals surface area (Å²) < 4.78 is 20.6. The highest BCUT2D eigenvalue weighted by Gasteiger charge is 2.43. The van der Waals surface area contributed by atoms with Crippen LogP contribution in [0.4, 0.5) is 0 Å². The fraction of sp³-hybridized carbons (Fsp3) is 0.889. The highest BCUT2D eigenvalue weighted by molar-refractivity contribution is 5.80. The first-order valence-electron chi connectivity index (χ1n) is 8.68. The normalized spacial score (nSPS) is 15.3. The first-order valence-corrected chi connectivity index (χ1v) is 8.68. The lowest BCUT2D eigenvalue weighted by molar-refractivity contribution is -0.168. The molecule has 0 amide bonds. The summed E-state index contributed by atoms with van der Waals surface area (Å²) in [6.45, 7) is 9.90. The molecule has 7 heteroatoms. The molecular weight excluding hydrogens is 328 g/mol. The Bertz CT molecular complexity index is 408. The number of ether oxygens (including phenoxy) is 4. The van der Waals surface area contributed by atoms with Crippen LogP contribution < -0.4 is 0 Å². The van der Waals surface area contributed by atoms with E-state index in [0.717, 1.165) is 0 Å². The van der Waals surface area contributed by atoms with E-state index in [-0.39, 0.29) is 25.6 Å². The number of carbonyl (C=O) groups is 2. The Kier molecular flexibility index (Phi) is 10.9. The number of methoxy groups -OCH3 is 1. The van der Waals surface area contributed by atoms with Crippen molar-refractivity contribution in [3.8, 4) is 0 Å². The Hall–Kier alpha value is -1.18. The van der Waals surface area contributed by atoms with E-state index in [1.54, 1.807) is 34.8 Å². The maximum atomic E-state index is 12.4. The fourth-order valence-corrected chi connectivity index (χ4v) is 2.38. The van der Waals surface area contributed by atoms with Crippen molar-refractivity contribution in [2.45, 2.75) is 53.6 Å². The molecule has 148 valence electrons. The molecule has 0 aliphatic heterocycles. The van der Waals surface area contributed by atoms with Crippen molar-refractivity contribution in [2.75, 3.05) is 40.1 Å². The highest BCUT2D eigenvalue weighted by atomic mass is 16.6. The minimum absolute atomic E-state index is 0.154. The highest BCUT2D eigenvalue weighted by Crippen LogP contribution is 2.38. The number of hydrogen-bond donors (Lipinski definition) is 1. The van der Waals surface area contributed by atoms with E-state index in [9.17, 15) is 9.59 Å². The van der Waals surface area contributed by atoms with Gasteiger partial charge < -0.3 is 24.1 Å². The minimum Gasteiger partial charge on any atom is -0.463 e. The summed E-state index contributed by atoms with van der Waals surface area (Å²) in [4.78, 5) is 24.8. The van der Waals surface area contributed by atoms with E-state index >= 15 is 0 Å². The third-order valence-electron chi connectivity index (χ3n) is 4.12. The number of rotatable bonds is 13. The predicted octanol–water partition coefficient (Wildman–Crippen LogP) is 1.95. The molecule has 0 aromatic carbocycles. The monoisotopic (exact) mass is 362 g/mol. The van der Waals surface area contributed by atoms with E-state index in [0.29, 0.717) is 26.2 Å². The van der Waals surface area contributed by atoms with Gasteiger partial charge in [-0.25, -0.2) is 0 Å². The molecule has 7 nitrogen and oxygen atoms in total. The van der Waals surface area contributed by atoms with E-state index in [2.05, 4.69) is 0 Å². The summed E-state index contributed by atoms with van der Waals surface area (Å²) in [5, 5.41) is 9.05. The molecule has 0 aromatic rings. The van der Waals surface area contributed by atoms with Gasteiger partial charge in [0.2, 0.25) is 0 Å². The molecule has 2 unspecified atom stereocenters. The number of aliphatic hydroxyl groups excluding tert-OH is 1. The van der Waals surface area contributed by atoms with Gasteiger partial charge in [0, 0.05) is 7.11 Å². The summed E-state index contributed by atoms with van der Waals surface area (Å²) in [5.41, 5.74) is -1.68. The van der Waals surface area contributed by atoms with Gasteiger partial charge in [0.1, 0.15) is 12.7 Å². The van der Waals surface area contributed by atoms with Crippen LogP contribution in [-0.4, -0.2) is 63.3 Å². The van der Waals surface area contributed by atoms with E-state index in [1.807, 2.05) is 6.92 Å². The molecule has 1 N–H and O–H groups in total. The van der Waals surface area contributed by atoms with Crippen LogP contribution in [0.15, 0.2) is 0 Å². The van der Waals surface area contributed by atoms with E-state index in [1.165, 1.54) is 0 Å². The van der Waals surface area contributed by atoms with Crippen molar-refractivity contribution >= 4 is 11.9 Å². The molecule has 0 rings (SSSR count). The molecule has 0 spiro atoms. The predicted molar refractivity (Wildman–Crippen MR) is 93.1 cm³/mol. The lowest BCUT2D eigenvalue weighted by Crippen LogP contribution is -2.40. The SMILES string of the molecule is CCC(C)(CC(C)(C)C(=O)OCCOCCOC)C(=O)OC(C)CO. The van der Waals surface area contributed by atoms with E-state index < -0.39 is 22.9 Å². The summed E-state index contributed by atoms with van der Waals surface area (Å²) in [5.74, 6) is -0.800. The average molecular weight is 362 g/mol. The maximum absolute atomic E-state index is 12.4. The molecule has 0 saturated carbocycles.